The molecule has 1 N–H and O–H groups in total. The highest BCUT2D eigenvalue weighted by molar-refractivity contribution is 7.98. The molecule has 146 valence electrons. The van der Waals surface area contributed by atoms with E-state index in [2.05, 4.69) is 23.5 Å². The highest BCUT2D eigenvalue weighted by atomic mass is 32.2. The molecule has 0 spiro atoms. The van der Waals surface area contributed by atoms with Gasteiger partial charge in [-0.3, -0.25) is 0 Å². The Labute approximate surface area is 167 Å². The fourth-order valence-corrected chi connectivity index (χ4v) is 4.21. The van der Waals surface area contributed by atoms with Crippen LogP contribution in [-0.2, 0) is 9.53 Å². The van der Waals surface area contributed by atoms with Crippen LogP contribution >= 0.6 is 11.8 Å². The summed E-state index contributed by atoms with van der Waals surface area (Å²) in [7, 11) is 4.73. The Balaban J connectivity index is 1.94. The summed E-state index contributed by atoms with van der Waals surface area (Å²) in [6.07, 6.45) is 2.04. The van der Waals surface area contributed by atoms with Crippen LogP contribution in [0.1, 0.15) is 17.0 Å². The van der Waals surface area contributed by atoms with Crippen molar-refractivity contribution in [2.45, 2.75) is 10.8 Å². The summed E-state index contributed by atoms with van der Waals surface area (Å²) in [5.74, 6) is 1.02. The largest absolute Gasteiger partial charge is 0.493 e. The number of carbonyl (C=O) groups excluding carboxylic acids is 1. The van der Waals surface area contributed by atoms with E-state index in [1.807, 2.05) is 18.4 Å². The molecule has 0 saturated carbocycles. The lowest BCUT2D eigenvalue weighted by Gasteiger charge is -2.28. The van der Waals surface area contributed by atoms with E-state index >= 15 is 0 Å². The van der Waals surface area contributed by atoms with Crippen LogP contribution in [0.2, 0.25) is 0 Å². The molecule has 4 rings (SSSR count). The SMILES string of the molecule is COc1cc([C@H]2C3=C(COC3=O)Nc3cc(SC)ccc32)cc(OC)c1OC. The molecule has 0 aliphatic carbocycles. The number of methoxy groups -OCH3 is 3. The second-order valence-corrected chi connectivity index (χ2v) is 7.32. The standard InChI is InChI=1S/C21H21NO5S/c1-24-16-7-11(8-17(25-2)20(16)26-3)18-13-6-5-12(28-4)9-14(13)22-15-10-27-21(23)19(15)18/h5-9,18,22H,10H2,1-4H3/t18-/m1/s1. The number of fused-ring (bicyclic) bond motifs is 1. The Bertz CT molecular complexity index is 960. The zero-order valence-electron chi connectivity index (χ0n) is 16.1. The third kappa shape index (κ3) is 2.86. The summed E-state index contributed by atoms with van der Waals surface area (Å²) in [6.45, 7) is 0.248. The van der Waals surface area contributed by atoms with Crippen molar-refractivity contribution in [3.8, 4) is 17.2 Å². The first-order valence-corrected chi connectivity index (χ1v) is 9.98. The van der Waals surface area contributed by atoms with Crippen LogP contribution in [0.4, 0.5) is 5.69 Å². The molecule has 7 heteroatoms. The number of thioether (sulfide) groups is 1. The predicted molar refractivity (Wildman–Crippen MR) is 108 cm³/mol. The van der Waals surface area contributed by atoms with Gasteiger partial charge in [0.1, 0.15) is 6.61 Å². The number of cyclic esters (lactones) is 1. The minimum absolute atomic E-state index is 0.248. The Hall–Kier alpha value is -2.80. The van der Waals surface area contributed by atoms with Crippen molar-refractivity contribution in [1.29, 1.82) is 0 Å². The molecule has 2 heterocycles. The summed E-state index contributed by atoms with van der Waals surface area (Å²) in [5, 5.41) is 3.38. The summed E-state index contributed by atoms with van der Waals surface area (Å²) < 4.78 is 21.8. The van der Waals surface area contributed by atoms with Crippen LogP contribution < -0.4 is 19.5 Å². The molecule has 28 heavy (non-hydrogen) atoms. The number of esters is 1. The molecule has 2 aliphatic heterocycles. The Morgan fingerprint density at radius 3 is 2.39 bits per heavy atom. The van der Waals surface area contributed by atoms with Gasteiger partial charge in [-0.1, -0.05) is 6.07 Å². The van der Waals surface area contributed by atoms with E-state index in [0.29, 0.717) is 22.8 Å². The van der Waals surface area contributed by atoms with E-state index in [-0.39, 0.29) is 18.5 Å². The van der Waals surface area contributed by atoms with E-state index in [1.54, 1.807) is 33.1 Å². The van der Waals surface area contributed by atoms with Crippen molar-refractivity contribution in [2.75, 3.05) is 39.5 Å². The molecular formula is C21H21NO5S. The second kappa shape index (κ2) is 7.31. The summed E-state index contributed by atoms with van der Waals surface area (Å²) >= 11 is 1.67. The number of rotatable bonds is 5. The number of hydrogen-bond donors (Lipinski definition) is 1. The Morgan fingerprint density at radius 1 is 1.07 bits per heavy atom. The van der Waals surface area contributed by atoms with Crippen molar-refractivity contribution in [3.63, 3.8) is 0 Å². The van der Waals surface area contributed by atoms with Crippen molar-refractivity contribution in [1.82, 2.24) is 0 Å². The summed E-state index contributed by atoms with van der Waals surface area (Å²) in [6, 6.07) is 9.98. The maximum Gasteiger partial charge on any atom is 0.337 e. The molecule has 0 fully saturated rings. The van der Waals surface area contributed by atoms with Crippen LogP contribution in [0, 0.1) is 0 Å². The van der Waals surface area contributed by atoms with Gasteiger partial charge in [-0.25, -0.2) is 4.79 Å². The van der Waals surface area contributed by atoms with Crippen LogP contribution in [-0.4, -0.2) is 40.2 Å². The molecule has 2 aliphatic rings. The fourth-order valence-electron chi connectivity index (χ4n) is 3.77. The van der Waals surface area contributed by atoms with Crippen molar-refractivity contribution < 1.29 is 23.7 Å². The second-order valence-electron chi connectivity index (χ2n) is 6.44. The van der Waals surface area contributed by atoms with E-state index in [0.717, 1.165) is 27.4 Å². The van der Waals surface area contributed by atoms with Crippen molar-refractivity contribution in [2.24, 2.45) is 0 Å². The van der Waals surface area contributed by atoms with Gasteiger partial charge in [0.2, 0.25) is 5.75 Å². The monoisotopic (exact) mass is 399 g/mol. The summed E-state index contributed by atoms with van der Waals surface area (Å²) in [4.78, 5) is 13.7. The lowest BCUT2D eigenvalue weighted by Crippen LogP contribution is -2.20. The first kappa shape index (κ1) is 18.6. The molecule has 0 aromatic heterocycles. The smallest absolute Gasteiger partial charge is 0.337 e. The lowest BCUT2D eigenvalue weighted by atomic mass is 9.81. The average Bonchev–Trinajstić information content (AvgIpc) is 3.10. The normalized spacial score (nSPS) is 17.4. The molecular weight excluding hydrogens is 378 g/mol. The van der Waals surface area contributed by atoms with Crippen molar-refractivity contribution >= 4 is 23.4 Å². The van der Waals surface area contributed by atoms with Gasteiger partial charge in [-0.05, 0) is 41.6 Å². The van der Waals surface area contributed by atoms with Gasteiger partial charge in [0.25, 0.3) is 0 Å². The zero-order valence-corrected chi connectivity index (χ0v) is 16.9. The van der Waals surface area contributed by atoms with E-state index in [9.17, 15) is 4.79 Å². The van der Waals surface area contributed by atoms with Gasteiger partial charge >= 0.3 is 5.97 Å². The van der Waals surface area contributed by atoms with Crippen molar-refractivity contribution in [3.05, 3.63) is 52.7 Å². The molecule has 0 amide bonds. The fraction of sp³-hybridized carbons (Fsp3) is 0.286. The lowest BCUT2D eigenvalue weighted by molar-refractivity contribution is -0.136. The van der Waals surface area contributed by atoms with E-state index < -0.39 is 0 Å². The molecule has 0 radical (unpaired) electrons. The van der Waals surface area contributed by atoms with Gasteiger partial charge in [-0.2, -0.15) is 0 Å². The molecule has 2 aromatic rings. The van der Waals surface area contributed by atoms with Gasteiger partial charge in [0.05, 0.1) is 32.6 Å². The van der Waals surface area contributed by atoms with Crippen LogP contribution in [0.15, 0.2) is 46.5 Å². The Kier molecular flexibility index (Phi) is 4.85. The van der Waals surface area contributed by atoms with E-state index in [1.165, 1.54) is 0 Å². The van der Waals surface area contributed by atoms with Crippen LogP contribution in [0.3, 0.4) is 0 Å². The van der Waals surface area contributed by atoms with Gasteiger partial charge in [-0.15, -0.1) is 11.8 Å². The number of benzene rings is 2. The van der Waals surface area contributed by atoms with Crippen LogP contribution in [0.25, 0.3) is 0 Å². The third-order valence-corrected chi connectivity index (χ3v) is 5.78. The minimum Gasteiger partial charge on any atom is -0.493 e. The first-order chi connectivity index (χ1) is 13.6. The highest BCUT2D eigenvalue weighted by Gasteiger charge is 2.39. The number of anilines is 1. The topological polar surface area (TPSA) is 66.0 Å². The number of nitrogens with one attached hydrogen (secondary N) is 1. The average molecular weight is 399 g/mol. The van der Waals surface area contributed by atoms with Gasteiger partial charge in [0.15, 0.2) is 11.5 Å². The van der Waals surface area contributed by atoms with Gasteiger partial charge in [0, 0.05) is 16.5 Å². The molecule has 0 bridgehead atoms. The van der Waals surface area contributed by atoms with Gasteiger partial charge < -0.3 is 24.3 Å². The quantitative estimate of drug-likeness (QED) is 0.606. The number of carbonyl (C=O) groups is 1. The molecule has 2 aromatic carbocycles. The maximum absolute atomic E-state index is 12.5. The predicted octanol–water partition coefficient (Wildman–Crippen LogP) is 3.80. The van der Waals surface area contributed by atoms with Crippen LogP contribution in [0.5, 0.6) is 17.2 Å². The maximum atomic E-state index is 12.5. The Morgan fingerprint density at radius 2 is 1.79 bits per heavy atom. The number of ether oxygens (including phenoxy) is 4. The molecule has 0 saturated heterocycles. The zero-order chi connectivity index (χ0) is 19.8. The molecule has 0 unspecified atom stereocenters. The molecule has 1 atom stereocenters. The highest BCUT2D eigenvalue weighted by Crippen LogP contribution is 2.48. The third-order valence-electron chi connectivity index (χ3n) is 5.06. The number of hydrogen-bond acceptors (Lipinski definition) is 7. The minimum atomic E-state index is -0.305. The molecule has 6 nitrogen and oxygen atoms in total. The van der Waals surface area contributed by atoms with E-state index in [4.69, 9.17) is 18.9 Å². The summed E-state index contributed by atoms with van der Waals surface area (Å²) in [5.41, 5.74) is 4.28. The first-order valence-electron chi connectivity index (χ1n) is 8.76.